The molecule has 7 nitrogen and oxygen atoms in total. The minimum atomic E-state index is -1.26. The molecular formula is C12H21N3O4. The van der Waals surface area contributed by atoms with E-state index in [1.807, 2.05) is 0 Å². The molecule has 1 aliphatic heterocycles. The average Bonchev–Trinajstić information content (AvgIpc) is 2.38. The number of piperazine rings is 1. The number of aliphatic carboxylic acids is 1. The van der Waals surface area contributed by atoms with Crippen LogP contribution in [0.2, 0.25) is 0 Å². The minimum absolute atomic E-state index is 0.00847. The molecule has 0 atom stereocenters. The van der Waals surface area contributed by atoms with Gasteiger partial charge in [-0.25, -0.2) is 9.59 Å². The highest BCUT2D eigenvalue weighted by Crippen LogP contribution is 2.16. The van der Waals surface area contributed by atoms with Crippen LogP contribution in [0.5, 0.6) is 0 Å². The predicted octanol–water partition coefficient (Wildman–Crippen LogP) is 0.113. The summed E-state index contributed by atoms with van der Waals surface area (Å²) in [6.07, 6.45) is 0.596. The van der Waals surface area contributed by atoms with Gasteiger partial charge >= 0.3 is 12.0 Å². The van der Waals surface area contributed by atoms with Gasteiger partial charge in [-0.15, -0.1) is 0 Å². The molecule has 0 spiro atoms. The maximum atomic E-state index is 12.1. The number of carboxylic acids is 1. The summed E-state index contributed by atoms with van der Waals surface area (Å²) >= 11 is 0. The molecule has 2 N–H and O–H groups in total. The summed E-state index contributed by atoms with van der Waals surface area (Å²) in [6.45, 7) is 4.30. The van der Waals surface area contributed by atoms with Crippen molar-refractivity contribution in [1.29, 1.82) is 0 Å². The third-order valence-electron chi connectivity index (χ3n) is 3.71. The van der Waals surface area contributed by atoms with Crippen molar-refractivity contribution in [1.82, 2.24) is 15.1 Å². The topological polar surface area (TPSA) is 90.0 Å². The Morgan fingerprint density at radius 2 is 1.89 bits per heavy atom. The fourth-order valence-electron chi connectivity index (χ4n) is 2.00. The van der Waals surface area contributed by atoms with E-state index in [-0.39, 0.29) is 12.5 Å². The molecule has 19 heavy (non-hydrogen) atoms. The van der Waals surface area contributed by atoms with Crippen molar-refractivity contribution in [3.8, 4) is 0 Å². The van der Waals surface area contributed by atoms with E-state index >= 15 is 0 Å². The number of carbonyl (C=O) groups is 3. The normalized spacial score (nSPS) is 16.5. The molecule has 108 valence electrons. The molecular weight excluding hydrogens is 250 g/mol. The molecule has 1 rings (SSSR count). The highest BCUT2D eigenvalue weighted by molar-refractivity contribution is 5.89. The fourth-order valence-corrected chi connectivity index (χ4v) is 2.00. The molecule has 0 radical (unpaired) electrons. The second-order valence-corrected chi connectivity index (χ2v) is 4.76. The Bertz CT molecular complexity index is 379. The van der Waals surface area contributed by atoms with Gasteiger partial charge in [-0.1, -0.05) is 13.8 Å². The van der Waals surface area contributed by atoms with E-state index in [4.69, 9.17) is 0 Å². The van der Waals surface area contributed by atoms with Gasteiger partial charge in [0.1, 0.15) is 12.1 Å². The summed E-state index contributed by atoms with van der Waals surface area (Å²) in [5, 5.41) is 11.8. The van der Waals surface area contributed by atoms with E-state index in [1.54, 1.807) is 25.8 Å². The first kappa shape index (κ1) is 15.3. The van der Waals surface area contributed by atoms with Crippen molar-refractivity contribution in [3.63, 3.8) is 0 Å². The van der Waals surface area contributed by atoms with E-state index in [0.717, 1.165) is 0 Å². The first-order valence-corrected chi connectivity index (χ1v) is 6.40. The van der Waals surface area contributed by atoms with Crippen molar-refractivity contribution in [2.24, 2.45) is 0 Å². The third-order valence-corrected chi connectivity index (χ3v) is 3.71. The number of likely N-dealkylation sites (N-methyl/N-ethyl adjacent to an activating group) is 1. The second-order valence-electron chi connectivity index (χ2n) is 4.76. The van der Waals surface area contributed by atoms with Crippen LogP contribution in [0.1, 0.15) is 26.7 Å². The fraction of sp³-hybridized carbons (Fsp3) is 0.750. The lowest BCUT2D eigenvalue weighted by Gasteiger charge is -2.35. The predicted molar refractivity (Wildman–Crippen MR) is 68.7 cm³/mol. The number of hydrogen-bond donors (Lipinski definition) is 2. The van der Waals surface area contributed by atoms with Crippen molar-refractivity contribution >= 4 is 17.9 Å². The van der Waals surface area contributed by atoms with Gasteiger partial charge in [0.05, 0.1) is 0 Å². The number of carbonyl (C=O) groups excluding carboxylic acids is 2. The average molecular weight is 271 g/mol. The van der Waals surface area contributed by atoms with Crippen molar-refractivity contribution in [2.75, 3.05) is 26.7 Å². The quantitative estimate of drug-likeness (QED) is 0.759. The Morgan fingerprint density at radius 1 is 1.32 bits per heavy atom. The Labute approximate surface area is 112 Å². The third kappa shape index (κ3) is 3.15. The number of nitrogens with one attached hydrogen (secondary N) is 1. The molecule has 0 aliphatic carbocycles. The Balaban J connectivity index is 2.73. The summed E-state index contributed by atoms with van der Waals surface area (Å²) in [5.41, 5.74) is -1.26. The Kier molecular flexibility index (Phi) is 4.74. The van der Waals surface area contributed by atoms with Gasteiger partial charge in [0.15, 0.2) is 0 Å². The van der Waals surface area contributed by atoms with E-state index in [1.165, 1.54) is 4.90 Å². The van der Waals surface area contributed by atoms with Crippen LogP contribution in [0.3, 0.4) is 0 Å². The Hall–Kier alpha value is -1.79. The van der Waals surface area contributed by atoms with Crippen LogP contribution >= 0.6 is 0 Å². The number of nitrogens with zero attached hydrogens (tertiary/aromatic N) is 2. The van der Waals surface area contributed by atoms with Crippen LogP contribution in [0.15, 0.2) is 0 Å². The number of urea groups is 1. The van der Waals surface area contributed by atoms with Crippen LogP contribution in [0, 0.1) is 0 Å². The second kappa shape index (κ2) is 5.90. The van der Waals surface area contributed by atoms with Gasteiger partial charge in [0.25, 0.3) is 0 Å². The molecule has 0 saturated carbocycles. The highest BCUT2D eigenvalue weighted by atomic mass is 16.4. The zero-order valence-corrected chi connectivity index (χ0v) is 11.6. The van der Waals surface area contributed by atoms with E-state index in [9.17, 15) is 19.5 Å². The van der Waals surface area contributed by atoms with Gasteiger partial charge in [-0.05, 0) is 12.8 Å². The first-order valence-electron chi connectivity index (χ1n) is 6.40. The molecule has 0 aromatic carbocycles. The van der Waals surface area contributed by atoms with Crippen molar-refractivity contribution < 1.29 is 19.5 Å². The maximum absolute atomic E-state index is 12.1. The number of rotatable bonds is 4. The highest BCUT2D eigenvalue weighted by Gasteiger charge is 2.38. The van der Waals surface area contributed by atoms with E-state index < -0.39 is 17.5 Å². The van der Waals surface area contributed by atoms with Crippen LogP contribution < -0.4 is 5.32 Å². The maximum Gasteiger partial charge on any atom is 0.329 e. The molecule has 0 aromatic rings. The van der Waals surface area contributed by atoms with Crippen molar-refractivity contribution in [3.05, 3.63) is 0 Å². The largest absolute Gasteiger partial charge is 0.480 e. The zero-order valence-electron chi connectivity index (χ0n) is 11.6. The van der Waals surface area contributed by atoms with E-state index in [0.29, 0.717) is 25.9 Å². The lowest BCUT2D eigenvalue weighted by atomic mass is 9.93. The first-order chi connectivity index (χ1) is 8.86. The van der Waals surface area contributed by atoms with Crippen LogP contribution in [0.25, 0.3) is 0 Å². The summed E-state index contributed by atoms with van der Waals surface area (Å²) in [7, 11) is 1.68. The van der Waals surface area contributed by atoms with Gasteiger partial charge in [-0.3, -0.25) is 4.79 Å². The van der Waals surface area contributed by atoms with Gasteiger partial charge < -0.3 is 20.2 Å². The summed E-state index contributed by atoms with van der Waals surface area (Å²) in [5.74, 6) is -1.19. The molecule has 0 bridgehead atoms. The molecule has 1 heterocycles. The summed E-state index contributed by atoms with van der Waals surface area (Å²) in [6, 6.07) is -0.493. The molecule has 3 amide bonds. The Morgan fingerprint density at radius 3 is 2.32 bits per heavy atom. The van der Waals surface area contributed by atoms with E-state index in [2.05, 4.69) is 5.32 Å². The van der Waals surface area contributed by atoms with Crippen LogP contribution in [-0.2, 0) is 9.59 Å². The minimum Gasteiger partial charge on any atom is -0.480 e. The van der Waals surface area contributed by atoms with Gasteiger partial charge in [-0.2, -0.15) is 0 Å². The molecule has 7 heteroatoms. The smallest absolute Gasteiger partial charge is 0.329 e. The van der Waals surface area contributed by atoms with Crippen molar-refractivity contribution in [2.45, 2.75) is 32.2 Å². The molecule has 0 unspecified atom stereocenters. The molecule has 1 fully saturated rings. The molecule has 0 aromatic heterocycles. The lowest BCUT2D eigenvalue weighted by molar-refractivity contribution is -0.144. The number of amides is 3. The van der Waals surface area contributed by atoms with Crippen LogP contribution in [-0.4, -0.2) is 65.0 Å². The zero-order chi connectivity index (χ0) is 14.6. The monoisotopic (exact) mass is 271 g/mol. The van der Waals surface area contributed by atoms with Crippen LogP contribution in [0.4, 0.5) is 4.79 Å². The standard InChI is InChI=1S/C12H21N3O4/c1-4-12(5-2,10(17)18)13-11(19)15-7-6-14(3)9(16)8-15/h4-8H2,1-3H3,(H,13,19)(H,17,18). The summed E-state index contributed by atoms with van der Waals surface area (Å²) in [4.78, 5) is 37.8. The number of hydrogen-bond acceptors (Lipinski definition) is 3. The van der Waals surface area contributed by atoms with Gasteiger partial charge in [0, 0.05) is 20.1 Å². The molecule has 1 saturated heterocycles. The summed E-state index contributed by atoms with van der Waals surface area (Å²) < 4.78 is 0. The van der Waals surface area contributed by atoms with Gasteiger partial charge in [0.2, 0.25) is 5.91 Å². The molecule has 1 aliphatic rings. The SMILES string of the molecule is CCC(CC)(NC(=O)N1CCN(C)C(=O)C1)C(=O)O. The number of carboxylic acid groups (broad SMARTS) is 1. The lowest BCUT2D eigenvalue weighted by Crippen LogP contribution is -2.60.